The van der Waals surface area contributed by atoms with Gasteiger partial charge in [-0.2, -0.15) is 4.98 Å². The average molecular weight is 555 g/mol. The van der Waals surface area contributed by atoms with Crippen LogP contribution in [0.3, 0.4) is 0 Å². The Balaban J connectivity index is 1.79. The number of anilines is 1. The first-order valence-electron chi connectivity index (χ1n) is 9.63. The van der Waals surface area contributed by atoms with Crippen LogP contribution in [0.15, 0.2) is 71.8 Å². The Morgan fingerprint density at radius 2 is 1.50 bits per heavy atom. The molecule has 0 unspecified atom stereocenters. The molecule has 0 N–H and O–H groups in total. The summed E-state index contributed by atoms with van der Waals surface area (Å²) in [6, 6.07) is 14.0. The third-order valence-corrected chi connectivity index (χ3v) is 7.88. The van der Waals surface area contributed by atoms with Crippen molar-refractivity contribution in [3.8, 4) is 11.5 Å². The van der Waals surface area contributed by atoms with E-state index in [4.69, 9.17) is 4.42 Å². The summed E-state index contributed by atoms with van der Waals surface area (Å²) in [6.07, 6.45) is 0. The Morgan fingerprint density at radius 1 is 0.933 bits per heavy atom. The Kier molecular flexibility index (Phi) is 6.34. The van der Waals surface area contributed by atoms with Crippen molar-refractivity contribution in [2.75, 3.05) is 37.6 Å². The van der Waals surface area contributed by atoms with Crippen LogP contribution in [0.25, 0.3) is 11.5 Å². The van der Waals surface area contributed by atoms with Gasteiger partial charge in [0, 0.05) is 40.7 Å². The van der Waals surface area contributed by atoms with Crippen LogP contribution in [0.5, 0.6) is 0 Å². The zero-order valence-electron chi connectivity index (χ0n) is 16.4. The molecule has 0 atom stereocenters. The molecule has 0 bridgehead atoms. The Hall–Kier alpha value is -1.68. The van der Waals surface area contributed by atoms with E-state index in [-0.39, 0.29) is 9.92 Å². The van der Waals surface area contributed by atoms with Crippen LogP contribution in [0.4, 0.5) is 5.88 Å². The molecular formula is C21H21Br2N3O3S. The van der Waals surface area contributed by atoms with Gasteiger partial charge in [-0.15, -0.1) is 0 Å². The second-order valence-corrected chi connectivity index (χ2v) is 10.7. The maximum absolute atomic E-state index is 13.4. The van der Waals surface area contributed by atoms with Crippen molar-refractivity contribution in [2.24, 2.45) is 0 Å². The van der Waals surface area contributed by atoms with Crippen molar-refractivity contribution in [3.63, 3.8) is 0 Å². The fourth-order valence-electron chi connectivity index (χ4n) is 3.38. The maximum Gasteiger partial charge on any atom is 0.236 e. The van der Waals surface area contributed by atoms with Crippen LogP contribution in [0.2, 0.25) is 0 Å². The van der Waals surface area contributed by atoms with Gasteiger partial charge in [-0.25, -0.2) is 8.42 Å². The van der Waals surface area contributed by atoms with E-state index in [0.29, 0.717) is 24.9 Å². The minimum absolute atomic E-state index is 0.0345. The topological polar surface area (TPSA) is 66.7 Å². The largest absolute Gasteiger partial charge is 0.419 e. The zero-order chi connectivity index (χ0) is 21.3. The lowest BCUT2D eigenvalue weighted by Crippen LogP contribution is -2.46. The number of hydrogen-bond donors (Lipinski definition) is 0. The van der Waals surface area contributed by atoms with Crippen molar-refractivity contribution in [1.82, 2.24) is 9.88 Å². The summed E-state index contributed by atoms with van der Waals surface area (Å²) in [6.45, 7) is 6.17. The maximum atomic E-state index is 13.4. The van der Waals surface area contributed by atoms with E-state index in [0.717, 1.165) is 34.1 Å². The van der Waals surface area contributed by atoms with Crippen LogP contribution in [-0.4, -0.2) is 51.0 Å². The number of sulfone groups is 1. The molecule has 2 aromatic carbocycles. The van der Waals surface area contributed by atoms with Crippen molar-refractivity contribution < 1.29 is 12.8 Å². The summed E-state index contributed by atoms with van der Waals surface area (Å²) in [5.74, 6) is 0.609. The van der Waals surface area contributed by atoms with Crippen LogP contribution in [0, 0.1) is 0 Å². The molecule has 1 fully saturated rings. The van der Waals surface area contributed by atoms with E-state index in [9.17, 15) is 8.42 Å². The van der Waals surface area contributed by atoms with Crippen molar-refractivity contribution in [2.45, 2.75) is 16.8 Å². The van der Waals surface area contributed by atoms with Gasteiger partial charge in [0.05, 0.1) is 4.90 Å². The van der Waals surface area contributed by atoms with Gasteiger partial charge in [0.2, 0.25) is 26.6 Å². The molecule has 158 valence electrons. The van der Waals surface area contributed by atoms with Crippen LogP contribution in [-0.2, 0) is 9.84 Å². The molecule has 6 nitrogen and oxygen atoms in total. The molecule has 3 aromatic rings. The summed E-state index contributed by atoms with van der Waals surface area (Å²) in [5.41, 5.74) is 0.726. The summed E-state index contributed by atoms with van der Waals surface area (Å²) in [4.78, 5) is 8.95. The number of halogens is 2. The first-order chi connectivity index (χ1) is 14.4. The second kappa shape index (κ2) is 8.82. The zero-order valence-corrected chi connectivity index (χ0v) is 20.4. The van der Waals surface area contributed by atoms with E-state index in [1.807, 2.05) is 29.2 Å². The predicted molar refractivity (Wildman–Crippen MR) is 124 cm³/mol. The van der Waals surface area contributed by atoms with E-state index >= 15 is 0 Å². The first kappa shape index (κ1) is 21.5. The monoisotopic (exact) mass is 553 g/mol. The fourth-order valence-corrected chi connectivity index (χ4v) is 5.23. The van der Waals surface area contributed by atoms with Crippen molar-refractivity contribution in [3.05, 3.63) is 57.5 Å². The van der Waals surface area contributed by atoms with E-state index in [1.165, 1.54) is 0 Å². The second-order valence-electron chi connectivity index (χ2n) is 7.01. The van der Waals surface area contributed by atoms with Gasteiger partial charge in [-0.3, -0.25) is 0 Å². The Morgan fingerprint density at radius 3 is 2.07 bits per heavy atom. The normalized spacial score (nSPS) is 15.5. The minimum Gasteiger partial charge on any atom is -0.419 e. The summed E-state index contributed by atoms with van der Waals surface area (Å²) >= 11 is 6.77. The predicted octanol–water partition coefficient (Wildman–Crippen LogP) is 4.84. The lowest BCUT2D eigenvalue weighted by molar-refractivity contribution is 0.266. The summed E-state index contributed by atoms with van der Waals surface area (Å²) < 4.78 is 34.7. The molecule has 0 amide bonds. The molecule has 0 radical (unpaired) electrons. The summed E-state index contributed by atoms with van der Waals surface area (Å²) in [7, 11) is -3.84. The molecule has 0 aliphatic carbocycles. The van der Waals surface area contributed by atoms with Gasteiger partial charge in [0.1, 0.15) is 0 Å². The molecule has 0 saturated carbocycles. The lowest BCUT2D eigenvalue weighted by atomic mass is 10.2. The third kappa shape index (κ3) is 4.34. The Labute approximate surface area is 193 Å². The van der Waals surface area contributed by atoms with Crippen molar-refractivity contribution in [1.29, 1.82) is 0 Å². The van der Waals surface area contributed by atoms with Crippen molar-refractivity contribution >= 4 is 47.6 Å². The number of oxazole rings is 1. The highest BCUT2D eigenvalue weighted by molar-refractivity contribution is 9.10. The molecule has 30 heavy (non-hydrogen) atoms. The molecule has 2 heterocycles. The van der Waals surface area contributed by atoms with Crippen LogP contribution < -0.4 is 4.90 Å². The lowest BCUT2D eigenvalue weighted by Gasteiger charge is -2.33. The molecule has 1 aromatic heterocycles. The highest BCUT2D eigenvalue weighted by atomic mass is 79.9. The molecule has 0 spiro atoms. The number of hydrogen-bond acceptors (Lipinski definition) is 6. The quantitative estimate of drug-likeness (QED) is 0.449. The molecule has 9 heteroatoms. The number of rotatable bonds is 5. The van der Waals surface area contributed by atoms with Gasteiger partial charge in [0.25, 0.3) is 0 Å². The van der Waals surface area contributed by atoms with Crippen LogP contribution in [0.1, 0.15) is 6.92 Å². The molecule has 1 aliphatic rings. The number of likely N-dealkylation sites (N-methyl/N-ethyl adjacent to an activating group) is 1. The molecule has 1 saturated heterocycles. The minimum atomic E-state index is -3.84. The van der Waals surface area contributed by atoms with Gasteiger partial charge in [-0.1, -0.05) is 38.8 Å². The fraction of sp³-hybridized carbons (Fsp3) is 0.286. The SMILES string of the molecule is CCN1CCN(c2oc(-c3ccc(Br)cc3)nc2S(=O)(=O)c2ccc(Br)cc2)CC1. The average Bonchev–Trinajstić information content (AvgIpc) is 3.21. The Bertz CT molecular complexity index is 1120. The van der Waals surface area contributed by atoms with Gasteiger partial charge in [-0.05, 0) is 55.1 Å². The molecule has 1 aliphatic heterocycles. The number of nitrogens with zero attached hydrogens (tertiary/aromatic N) is 3. The van der Waals surface area contributed by atoms with E-state index < -0.39 is 9.84 Å². The van der Waals surface area contributed by atoms with Crippen LogP contribution >= 0.6 is 31.9 Å². The highest BCUT2D eigenvalue weighted by Crippen LogP contribution is 2.35. The first-order valence-corrected chi connectivity index (χ1v) is 12.7. The van der Waals surface area contributed by atoms with Gasteiger partial charge >= 0.3 is 0 Å². The highest BCUT2D eigenvalue weighted by Gasteiger charge is 2.32. The molecule has 4 rings (SSSR count). The number of aromatic nitrogens is 1. The van der Waals surface area contributed by atoms with E-state index in [1.54, 1.807) is 24.3 Å². The van der Waals surface area contributed by atoms with E-state index in [2.05, 4.69) is 48.7 Å². The number of benzene rings is 2. The third-order valence-electron chi connectivity index (χ3n) is 5.16. The summed E-state index contributed by atoms with van der Waals surface area (Å²) in [5, 5.41) is -0.0345. The molecular weight excluding hydrogens is 534 g/mol. The standard InChI is InChI=1S/C21H21Br2N3O3S/c1-2-25-11-13-26(14-12-25)21-20(30(27,28)18-9-7-17(23)8-10-18)24-19(29-21)15-3-5-16(22)6-4-15/h3-10H,2,11-14H2,1H3. The van der Waals surface area contributed by atoms with Gasteiger partial charge in [0.15, 0.2) is 0 Å². The number of piperazine rings is 1. The van der Waals surface area contributed by atoms with Gasteiger partial charge < -0.3 is 14.2 Å². The smallest absolute Gasteiger partial charge is 0.236 e.